The Labute approximate surface area is 162 Å². The zero-order valence-electron chi connectivity index (χ0n) is 14.7. The number of methoxy groups -OCH3 is 1. The predicted molar refractivity (Wildman–Crippen MR) is 103 cm³/mol. The molecule has 0 bridgehead atoms. The summed E-state index contributed by atoms with van der Waals surface area (Å²) in [6.45, 7) is 1.10. The number of fused-ring (bicyclic) bond motifs is 1. The van der Waals surface area contributed by atoms with Gasteiger partial charge in [-0.15, -0.1) is 0 Å². The Morgan fingerprint density at radius 3 is 2.88 bits per heavy atom. The fraction of sp³-hybridized carbons (Fsp3) is 0.444. The van der Waals surface area contributed by atoms with Crippen LogP contribution in [-0.4, -0.2) is 50.3 Å². The molecule has 1 aromatic rings. The van der Waals surface area contributed by atoms with Crippen molar-refractivity contribution in [1.29, 1.82) is 0 Å². The Bertz CT molecular complexity index is 680. The number of carbonyl (C=O) groups is 2. The number of ether oxygens (including phenoxy) is 3. The van der Waals surface area contributed by atoms with Crippen molar-refractivity contribution >= 4 is 41.3 Å². The van der Waals surface area contributed by atoms with Crippen molar-refractivity contribution in [2.75, 3.05) is 32.3 Å². The summed E-state index contributed by atoms with van der Waals surface area (Å²) in [5.41, 5.74) is 0.702. The zero-order chi connectivity index (χ0) is 18.9. The summed E-state index contributed by atoms with van der Waals surface area (Å²) < 4.78 is 15.9. The zero-order valence-corrected chi connectivity index (χ0v) is 16.3. The molecule has 0 saturated heterocycles. The lowest BCUT2D eigenvalue weighted by Gasteiger charge is -2.14. The predicted octanol–water partition coefficient (Wildman–Crippen LogP) is 2.93. The molecule has 0 aliphatic carbocycles. The highest BCUT2D eigenvalue weighted by atomic mass is 35.5. The maximum atomic E-state index is 12.1. The van der Waals surface area contributed by atoms with E-state index < -0.39 is 12.0 Å². The topological polar surface area (TPSA) is 73.9 Å². The van der Waals surface area contributed by atoms with Crippen LogP contribution in [0.4, 0.5) is 0 Å². The summed E-state index contributed by atoms with van der Waals surface area (Å²) in [5, 5.41) is 3.08. The smallest absolute Gasteiger partial charge is 0.328 e. The Balaban J connectivity index is 2.06. The summed E-state index contributed by atoms with van der Waals surface area (Å²) in [6, 6.07) is 2.79. The first-order valence-corrected chi connectivity index (χ1v) is 9.96. The van der Waals surface area contributed by atoms with Crippen molar-refractivity contribution in [3.05, 3.63) is 28.8 Å². The van der Waals surface area contributed by atoms with E-state index in [1.54, 1.807) is 30.0 Å². The van der Waals surface area contributed by atoms with E-state index in [9.17, 15) is 9.59 Å². The number of esters is 1. The van der Waals surface area contributed by atoms with Crippen LogP contribution in [0.2, 0.25) is 5.02 Å². The van der Waals surface area contributed by atoms with E-state index in [0.717, 1.165) is 12.2 Å². The molecule has 6 nitrogen and oxygen atoms in total. The largest absolute Gasteiger partial charge is 0.489 e. The van der Waals surface area contributed by atoms with Crippen LogP contribution in [0.3, 0.4) is 0 Å². The van der Waals surface area contributed by atoms with Gasteiger partial charge in [-0.2, -0.15) is 11.8 Å². The maximum Gasteiger partial charge on any atom is 0.328 e. The first kappa shape index (κ1) is 20.5. The van der Waals surface area contributed by atoms with E-state index in [0.29, 0.717) is 41.7 Å². The lowest BCUT2D eigenvalue weighted by molar-refractivity contribution is -0.144. The number of thioether (sulfide) groups is 1. The first-order valence-electron chi connectivity index (χ1n) is 8.19. The van der Waals surface area contributed by atoms with Crippen LogP contribution in [0.5, 0.6) is 11.5 Å². The molecule has 1 N–H and O–H groups in total. The third-order valence-corrected chi connectivity index (χ3v) is 4.59. The van der Waals surface area contributed by atoms with Crippen LogP contribution in [-0.2, 0) is 14.3 Å². The van der Waals surface area contributed by atoms with E-state index >= 15 is 0 Å². The highest BCUT2D eigenvalue weighted by Crippen LogP contribution is 2.38. The van der Waals surface area contributed by atoms with Gasteiger partial charge in [0.05, 0.1) is 25.3 Å². The average Bonchev–Trinajstić information content (AvgIpc) is 2.88. The van der Waals surface area contributed by atoms with Gasteiger partial charge in [0.1, 0.15) is 6.04 Å². The molecule has 0 aromatic heterocycles. The Morgan fingerprint density at radius 2 is 2.15 bits per heavy atom. The third kappa shape index (κ3) is 5.85. The van der Waals surface area contributed by atoms with Gasteiger partial charge in [0.15, 0.2) is 11.5 Å². The molecule has 1 aromatic carbocycles. The molecule has 1 heterocycles. The number of carbonyl (C=O) groups excluding carboxylic acids is 2. The molecule has 0 unspecified atom stereocenters. The van der Waals surface area contributed by atoms with Crippen LogP contribution >= 0.6 is 23.4 Å². The Hall–Kier alpha value is -1.86. The van der Waals surface area contributed by atoms with Crippen LogP contribution in [0.1, 0.15) is 18.4 Å². The molecular formula is C18H22ClNO5S. The van der Waals surface area contributed by atoms with Crippen molar-refractivity contribution in [1.82, 2.24) is 5.32 Å². The molecule has 0 radical (unpaired) electrons. The van der Waals surface area contributed by atoms with Gasteiger partial charge in [-0.25, -0.2) is 4.79 Å². The second kappa shape index (κ2) is 10.3. The molecule has 1 aliphatic heterocycles. The van der Waals surface area contributed by atoms with Gasteiger partial charge in [-0.05, 0) is 42.2 Å². The van der Waals surface area contributed by atoms with E-state index in [4.69, 9.17) is 25.8 Å². The van der Waals surface area contributed by atoms with Crippen LogP contribution < -0.4 is 14.8 Å². The molecule has 0 saturated carbocycles. The SMILES string of the molecule is COC(=O)[C@@H](CCSC)NC(=O)/C=C/c1cc(Cl)c2c(c1)OCCCO2. The van der Waals surface area contributed by atoms with Gasteiger partial charge in [0.2, 0.25) is 5.91 Å². The third-order valence-electron chi connectivity index (χ3n) is 3.66. The van der Waals surface area contributed by atoms with Crippen LogP contribution in [0.25, 0.3) is 6.08 Å². The lowest BCUT2D eigenvalue weighted by Crippen LogP contribution is -2.41. The molecular weight excluding hydrogens is 378 g/mol. The fourth-order valence-corrected chi connectivity index (χ4v) is 3.11. The van der Waals surface area contributed by atoms with Crippen molar-refractivity contribution in [2.45, 2.75) is 18.9 Å². The summed E-state index contributed by atoms with van der Waals surface area (Å²) in [7, 11) is 1.30. The van der Waals surface area contributed by atoms with Gasteiger partial charge in [-0.3, -0.25) is 4.79 Å². The van der Waals surface area contributed by atoms with Crippen LogP contribution in [0.15, 0.2) is 18.2 Å². The molecule has 2 rings (SSSR count). The molecule has 1 atom stereocenters. The number of halogens is 1. The summed E-state index contributed by atoms with van der Waals surface area (Å²) >= 11 is 7.83. The number of hydrogen-bond acceptors (Lipinski definition) is 6. The summed E-state index contributed by atoms with van der Waals surface area (Å²) in [6.07, 6.45) is 6.18. The molecule has 1 amide bonds. The average molecular weight is 400 g/mol. The normalized spacial score (nSPS) is 14.6. The molecule has 0 spiro atoms. The second-order valence-electron chi connectivity index (χ2n) is 5.58. The first-order chi connectivity index (χ1) is 12.5. The number of benzene rings is 1. The molecule has 142 valence electrons. The molecule has 0 fully saturated rings. The summed E-state index contributed by atoms with van der Waals surface area (Å²) in [5.74, 6) is 0.974. The second-order valence-corrected chi connectivity index (χ2v) is 6.97. The number of hydrogen-bond donors (Lipinski definition) is 1. The minimum absolute atomic E-state index is 0.385. The standard InChI is InChI=1S/C18H22ClNO5S/c1-23-18(22)14(6-9-26-2)20-16(21)5-4-12-10-13(19)17-15(11-12)24-7-3-8-25-17/h4-5,10-11,14H,3,6-9H2,1-2H3,(H,20,21)/b5-4+/t14-/m1/s1. The molecule has 1 aliphatic rings. The minimum Gasteiger partial charge on any atom is -0.489 e. The molecule has 8 heteroatoms. The van der Waals surface area contributed by atoms with E-state index in [-0.39, 0.29) is 5.91 Å². The minimum atomic E-state index is -0.669. The Kier molecular flexibility index (Phi) is 8.12. The van der Waals surface area contributed by atoms with Gasteiger partial charge in [-0.1, -0.05) is 11.6 Å². The van der Waals surface area contributed by atoms with Crippen molar-refractivity contribution in [3.8, 4) is 11.5 Å². The van der Waals surface area contributed by atoms with Crippen molar-refractivity contribution < 1.29 is 23.8 Å². The Morgan fingerprint density at radius 1 is 1.38 bits per heavy atom. The van der Waals surface area contributed by atoms with Crippen molar-refractivity contribution in [3.63, 3.8) is 0 Å². The van der Waals surface area contributed by atoms with Gasteiger partial charge in [0, 0.05) is 12.5 Å². The van der Waals surface area contributed by atoms with Gasteiger partial charge >= 0.3 is 5.97 Å². The lowest BCUT2D eigenvalue weighted by atomic mass is 10.1. The molecule has 26 heavy (non-hydrogen) atoms. The fourth-order valence-electron chi connectivity index (χ4n) is 2.37. The highest BCUT2D eigenvalue weighted by molar-refractivity contribution is 7.98. The number of nitrogens with one attached hydrogen (secondary N) is 1. The monoisotopic (exact) mass is 399 g/mol. The number of amides is 1. The van der Waals surface area contributed by atoms with Gasteiger partial charge < -0.3 is 19.5 Å². The van der Waals surface area contributed by atoms with E-state index in [2.05, 4.69) is 5.32 Å². The van der Waals surface area contributed by atoms with Crippen molar-refractivity contribution in [2.24, 2.45) is 0 Å². The van der Waals surface area contributed by atoms with Crippen LogP contribution in [0, 0.1) is 0 Å². The summed E-state index contributed by atoms with van der Waals surface area (Å²) in [4.78, 5) is 23.9. The maximum absolute atomic E-state index is 12.1. The number of rotatable bonds is 7. The van der Waals surface area contributed by atoms with Gasteiger partial charge in [0.25, 0.3) is 0 Å². The highest BCUT2D eigenvalue weighted by Gasteiger charge is 2.20. The van der Waals surface area contributed by atoms with E-state index in [1.807, 2.05) is 6.26 Å². The quantitative estimate of drug-likeness (QED) is 0.561. The van der Waals surface area contributed by atoms with E-state index in [1.165, 1.54) is 13.2 Å².